The molecule has 1 heterocycles. The lowest BCUT2D eigenvalue weighted by Gasteiger charge is -2.11. The van der Waals surface area contributed by atoms with Gasteiger partial charge in [0.2, 0.25) is 0 Å². The molecule has 2 aromatic rings. The molecule has 2 rings (SSSR count). The fraction of sp³-hybridized carbons (Fsp3) is 0.375. The molecule has 0 saturated heterocycles. The number of nitrogens with one attached hydrogen (secondary N) is 1. The molecule has 3 nitrogen and oxygen atoms in total. The summed E-state index contributed by atoms with van der Waals surface area (Å²) in [5, 5.41) is 5.24. The standard InChI is InChI=1S/C16H21NO2S/c1-17-13-14-5-2-3-7-16(14)19-11-10-18-9-8-15-6-4-12-20-15/h2-7,12,17H,8-11,13H2,1H3. The Labute approximate surface area is 124 Å². The van der Waals surface area contributed by atoms with Crippen molar-refractivity contribution in [3.63, 3.8) is 0 Å². The van der Waals surface area contributed by atoms with Gasteiger partial charge in [0, 0.05) is 23.4 Å². The van der Waals surface area contributed by atoms with Crippen molar-refractivity contribution >= 4 is 11.3 Å². The van der Waals surface area contributed by atoms with E-state index in [0.29, 0.717) is 13.2 Å². The minimum Gasteiger partial charge on any atom is -0.491 e. The van der Waals surface area contributed by atoms with Crippen LogP contribution < -0.4 is 10.1 Å². The van der Waals surface area contributed by atoms with Crippen molar-refractivity contribution in [2.45, 2.75) is 13.0 Å². The van der Waals surface area contributed by atoms with Gasteiger partial charge in [0.05, 0.1) is 13.2 Å². The normalized spacial score (nSPS) is 10.7. The lowest BCUT2D eigenvalue weighted by atomic mass is 10.2. The zero-order chi connectivity index (χ0) is 14.0. The molecule has 0 aliphatic carbocycles. The predicted molar refractivity (Wildman–Crippen MR) is 83.5 cm³/mol. The van der Waals surface area contributed by atoms with Gasteiger partial charge in [-0.3, -0.25) is 0 Å². The van der Waals surface area contributed by atoms with E-state index >= 15 is 0 Å². The van der Waals surface area contributed by atoms with Crippen LogP contribution in [0.3, 0.4) is 0 Å². The summed E-state index contributed by atoms with van der Waals surface area (Å²) >= 11 is 1.77. The molecule has 0 bridgehead atoms. The van der Waals surface area contributed by atoms with Crippen molar-refractivity contribution in [1.82, 2.24) is 5.32 Å². The Balaban J connectivity index is 1.63. The SMILES string of the molecule is CNCc1ccccc1OCCOCCc1cccs1. The van der Waals surface area contributed by atoms with Crippen LogP contribution >= 0.6 is 11.3 Å². The average molecular weight is 291 g/mol. The molecule has 20 heavy (non-hydrogen) atoms. The number of hydrogen-bond acceptors (Lipinski definition) is 4. The lowest BCUT2D eigenvalue weighted by molar-refractivity contribution is 0.102. The van der Waals surface area contributed by atoms with Gasteiger partial charge < -0.3 is 14.8 Å². The van der Waals surface area contributed by atoms with Crippen molar-refractivity contribution in [1.29, 1.82) is 0 Å². The van der Waals surface area contributed by atoms with Gasteiger partial charge in [0.25, 0.3) is 0 Å². The highest BCUT2D eigenvalue weighted by atomic mass is 32.1. The van der Waals surface area contributed by atoms with Crippen LogP contribution in [0.4, 0.5) is 0 Å². The van der Waals surface area contributed by atoms with Gasteiger partial charge in [-0.2, -0.15) is 0 Å². The van der Waals surface area contributed by atoms with Crippen molar-refractivity contribution in [2.75, 3.05) is 26.9 Å². The predicted octanol–water partition coefficient (Wildman–Crippen LogP) is 3.11. The summed E-state index contributed by atoms with van der Waals surface area (Å²) in [5.41, 5.74) is 1.17. The van der Waals surface area contributed by atoms with Crippen LogP contribution in [0.5, 0.6) is 5.75 Å². The summed E-state index contributed by atoms with van der Waals surface area (Å²) in [6.07, 6.45) is 0.980. The van der Waals surface area contributed by atoms with Gasteiger partial charge in [-0.15, -0.1) is 11.3 Å². The second-order valence-corrected chi connectivity index (χ2v) is 5.46. The minimum atomic E-state index is 0.588. The zero-order valence-corrected chi connectivity index (χ0v) is 12.6. The summed E-state index contributed by atoms with van der Waals surface area (Å²) in [6.45, 7) is 2.78. The summed E-state index contributed by atoms with van der Waals surface area (Å²) in [5.74, 6) is 0.934. The highest BCUT2D eigenvalue weighted by Crippen LogP contribution is 2.17. The Kier molecular flexibility index (Phi) is 6.57. The maximum atomic E-state index is 5.76. The molecule has 0 atom stereocenters. The van der Waals surface area contributed by atoms with Gasteiger partial charge in [0.15, 0.2) is 0 Å². The third-order valence-electron chi connectivity index (χ3n) is 2.90. The van der Waals surface area contributed by atoms with Gasteiger partial charge in [-0.25, -0.2) is 0 Å². The molecule has 0 radical (unpaired) electrons. The van der Waals surface area contributed by atoms with E-state index in [1.165, 1.54) is 10.4 Å². The van der Waals surface area contributed by atoms with Crippen molar-refractivity contribution in [3.05, 3.63) is 52.2 Å². The van der Waals surface area contributed by atoms with Crippen LogP contribution in [0.25, 0.3) is 0 Å². The Hall–Kier alpha value is -1.36. The Morgan fingerprint density at radius 3 is 2.75 bits per heavy atom. The fourth-order valence-corrected chi connectivity index (χ4v) is 2.61. The number of ether oxygens (including phenoxy) is 2. The molecule has 1 aromatic carbocycles. The molecule has 4 heteroatoms. The van der Waals surface area contributed by atoms with E-state index in [0.717, 1.165) is 25.3 Å². The first kappa shape index (κ1) is 15.0. The van der Waals surface area contributed by atoms with E-state index in [-0.39, 0.29) is 0 Å². The number of benzene rings is 1. The third-order valence-corrected chi connectivity index (χ3v) is 3.83. The molecular weight excluding hydrogens is 270 g/mol. The molecule has 108 valence electrons. The maximum absolute atomic E-state index is 5.76. The molecule has 0 aliphatic rings. The number of hydrogen-bond donors (Lipinski definition) is 1. The average Bonchev–Trinajstić information content (AvgIpc) is 2.98. The largest absolute Gasteiger partial charge is 0.491 e. The molecule has 0 aliphatic heterocycles. The smallest absolute Gasteiger partial charge is 0.123 e. The summed E-state index contributed by atoms with van der Waals surface area (Å²) in [4.78, 5) is 1.37. The third kappa shape index (κ3) is 4.96. The van der Waals surface area contributed by atoms with Crippen LogP contribution in [-0.2, 0) is 17.7 Å². The van der Waals surface area contributed by atoms with Gasteiger partial charge in [0.1, 0.15) is 12.4 Å². The monoisotopic (exact) mass is 291 g/mol. The zero-order valence-electron chi connectivity index (χ0n) is 11.8. The first-order chi connectivity index (χ1) is 9.90. The molecular formula is C16H21NO2S. The Bertz CT molecular complexity index is 485. The molecule has 0 amide bonds. The first-order valence-corrected chi connectivity index (χ1v) is 7.73. The second kappa shape index (κ2) is 8.74. The highest BCUT2D eigenvalue weighted by Gasteiger charge is 2.01. The Morgan fingerprint density at radius 1 is 1.05 bits per heavy atom. The molecule has 0 spiro atoms. The van der Waals surface area contributed by atoms with E-state index < -0.39 is 0 Å². The Morgan fingerprint density at radius 2 is 1.95 bits per heavy atom. The number of rotatable bonds is 9. The molecule has 0 unspecified atom stereocenters. The molecule has 0 fully saturated rings. The van der Waals surface area contributed by atoms with Gasteiger partial charge >= 0.3 is 0 Å². The van der Waals surface area contributed by atoms with Crippen LogP contribution in [0.15, 0.2) is 41.8 Å². The summed E-state index contributed by atoms with van der Waals surface area (Å²) in [6, 6.07) is 12.3. The summed E-state index contributed by atoms with van der Waals surface area (Å²) < 4.78 is 11.4. The molecule has 1 N–H and O–H groups in total. The van der Waals surface area contributed by atoms with Crippen LogP contribution in [0, 0.1) is 0 Å². The highest BCUT2D eigenvalue weighted by molar-refractivity contribution is 7.09. The first-order valence-electron chi connectivity index (χ1n) is 6.85. The van der Waals surface area contributed by atoms with Crippen molar-refractivity contribution < 1.29 is 9.47 Å². The van der Waals surface area contributed by atoms with Crippen LogP contribution in [0.2, 0.25) is 0 Å². The lowest BCUT2D eigenvalue weighted by Crippen LogP contribution is -2.11. The summed E-state index contributed by atoms with van der Waals surface area (Å²) in [7, 11) is 1.93. The van der Waals surface area contributed by atoms with E-state index in [2.05, 4.69) is 28.9 Å². The number of para-hydroxylation sites is 1. The van der Waals surface area contributed by atoms with Gasteiger partial charge in [-0.1, -0.05) is 24.3 Å². The second-order valence-electron chi connectivity index (χ2n) is 4.43. The van der Waals surface area contributed by atoms with E-state index in [1.807, 2.05) is 25.2 Å². The quantitative estimate of drug-likeness (QED) is 0.720. The van der Waals surface area contributed by atoms with E-state index in [1.54, 1.807) is 11.3 Å². The van der Waals surface area contributed by atoms with E-state index in [4.69, 9.17) is 9.47 Å². The van der Waals surface area contributed by atoms with Gasteiger partial charge in [-0.05, 0) is 24.6 Å². The van der Waals surface area contributed by atoms with E-state index in [9.17, 15) is 0 Å². The minimum absolute atomic E-state index is 0.588. The topological polar surface area (TPSA) is 30.5 Å². The molecule has 1 aromatic heterocycles. The van der Waals surface area contributed by atoms with Crippen LogP contribution in [-0.4, -0.2) is 26.9 Å². The van der Waals surface area contributed by atoms with Crippen molar-refractivity contribution in [3.8, 4) is 5.75 Å². The molecule has 0 saturated carbocycles. The maximum Gasteiger partial charge on any atom is 0.123 e. The number of thiophene rings is 1. The van der Waals surface area contributed by atoms with Crippen LogP contribution in [0.1, 0.15) is 10.4 Å². The fourth-order valence-electron chi connectivity index (χ4n) is 1.92. The van der Waals surface area contributed by atoms with Crippen molar-refractivity contribution in [2.24, 2.45) is 0 Å².